The quantitative estimate of drug-likeness (QED) is 0.458. The van der Waals surface area contributed by atoms with E-state index in [1.165, 1.54) is 0 Å². The van der Waals surface area contributed by atoms with Crippen molar-refractivity contribution in [2.45, 2.75) is 18.8 Å². The summed E-state index contributed by atoms with van der Waals surface area (Å²) in [5, 5.41) is 10.8. The summed E-state index contributed by atoms with van der Waals surface area (Å²) >= 11 is 3.18. The fraction of sp³-hybridized carbons (Fsp3) is 0.273. The number of piperidine rings is 1. The number of methoxy groups -OCH3 is 1. The third-order valence-corrected chi connectivity index (χ3v) is 7.40. The molecule has 2 aromatic carbocycles. The lowest BCUT2D eigenvalue weighted by atomic mass is 9.97. The van der Waals surface area contributed by atoms with E-state index >= 15 is 0 Å². The number of hydrogen-bond acceptors (Lipinski definition) is 7. The minimum atomic E-state index is 0.0933. The van der Waals surface area contributed by atoms with Gasteiger partial charge in [0.15, 0.2) is 5.01 Å². The Bertz CT molecular complexity index is 1190. The highest BCUT2D eigenvalue weighted by atomic mass is 32.1. The number of thiazole rings is 1. The molecule has 1 aliphatic heterocycles. The number of likely N-dealkylation sites (tertiary alicyclic amines) is 1. The Morgan fingerprint density at radius 2 is 1.97 bits per heavy atom. The summed E-state index contributed by atoms with van der Waals surface area (Å²) in [7, 11) is 1.67. The zero-order valence-electron chi connectivity index (χ0n) is 16.4. The lowest BCUT2D eigenvalue weighted by molar-refractivity contribution is 0.0713. The average molecular weight is 437 g/mol. The van der Waals surface area contributed by atoms with Crippen LogP contribution in [0.25, 0.3) is 20.8 Å². The predicted molar refractivity (Wildman–Crippen MR) is 119 cm³/mol. The van der Waals surface area contributed by atoms with E-state index in [-0.39, 0.29) is 5.91 Å². The standard InChI is InChI=1S/C22H20N4O2S2/c1-28-18-5-3-2-4-16(18)21-25-24-20(30-21)14-8-10-26(11-9-14)22(27)15-6-7-17-19(12-15)29-13-23-17/h2-7,12-14H,8-11H2,1H3. The summed E-state index contributed by atoms with van der Waals surface area (Å²) in [4.78, 5) is 19.2. The van der Waals surface area contributed by atoms with Gasteiger partial charge in [0.05, 0.1) is 28.4 Å². The Kier molecular flexibility index (Phi) is 5.18. The van der Waals surface area contributed by atoms with Gasteiger partial charge in [-0.05, 0) is 43.2 Å². The molecule has 5 rings (SSSR count). The van der Waals surface area contributed by atoms with Gasteiger partial charge in [0, 0.05) is 24.6 Å². The van der Waals surface area contributed by atoms with Gasteiger partial charge in [0.25, 0.3) is 5.91 Å². The van der Waals surface area contributed by atoms with Crippen molar-refractivity contribution in [3.8, 4) is 16.3 Å². The maximum absolute atomic E-state index is 12.9. The van der Waals surface area contributed by atoms with Gasteiger partial charge in [0.1, 0.15) is 10.8 Å². The maximum Gasteiger partial charge on any atom is 0.253 e. The van der Waals surface area contributed by atoms with Gasteiger partial charge in [-0.1, -0.05) is 23.5 Å². The predicted octanol–water partition coefficient (Wildman–Crippen LogP) is 4.84. The fourth-order valence-electron chi connectivity index (χ4n) is 3.83. The molecule has 1 aliphatic rings. The van der Waals surface area contributed by atoms with Crippen LogP contribution in [0.3, 0.4) is 0 Å². The molecule has 3 heterocycles. The van der Waals surface area contributed by atoms with Crippen LogP contribution < -0.4 is 4.74 Å². The molecule has 30 heavy (non-hydrogen) atoms. The normalized spacial score (nSPS) is 14.9. The molecule has 0 N–H and O–H groups in total. The Morgan fingerprint density at radius 3 is 2.80 bits per heavy atom. The number of aromatic nitrogens is 3. The molecule has 0 bridgehead atoms. The van der Waals surface area contributed by atoms with E-state index in [2.05, 4.69) is 15.2 Å². The van der Waals surface area contributed by atoms with Crippen LogP contribution in [0.4, 0.5) is 0 Å². The molecule has 0 saturated carbocycles. The van der Waals surface area contributed by atoms with Crippen LogP contribution in [-0.4, -0.2) is 46.2 Å². The number of hydrogen-bond donors (Lipinski definition) is 0. The van der Waals surface area contributed by atoms with Crippen molar-refractivity contribution in [3.63, 3.8) is 0 Å². The number of amides is 1. The van der Waals surface area contributed by atoms with Crippen LogP contribution in [-0.2, 0) is 0 Å². The highest BCUT2D eigenvalue weighted by Crippen LogP contribution is 2.36. The van der Waals surface area contributed by atoms with E-state index in [0.717, 1.165) is 63.0 Å². The van der Waals surface area contributed by atoms with E-state index < -0.39 is 0 Å². The average Bonchev–Trinajstić information content (AvgIpc) is 3.48. The molecule has 0 unspecified atom stereocenters. The number of para-hydroxylation sites is 1. The maximum atomic E-state index is 12.9. The van der Waals surface area contributed by atoms with Gasteiger partial charge < -0.3 is 9.64 Å². The first-order valence-corrected chi connectivity index (χ1v) is 11.5. The number of nitrogens with zero attached hydrogens (tertiary/aromatic N) is 4. The third kappa shape index (κ3) is 3.57. The Hall–Kier alpha value is -2.84. The molecule has 1 fully saturated rings. The molecule has 0 spiro atoms. The molecule has 1 saturated heterocycles. The van der Waals surface area contributed by atoms with E-state index in [1.54, 1.807) is 29.8 Å². The number of rotatable bonds is 4. The lowest BCUT2D eigenvalue weighted by Crippen LogP contribution is -2.37. The number of carbonyl (C=O) groups excluding carboxylic acids is 1. The SMILES string of the molecule is COc1ccccc1-c1nnc(C2CCN(C(=O)c3ccc4ncsc4c3)CC2)s1. The van der Waals surface area contributed by atoms with E-state index in [1.807, 2.05) is 52.9 Å². The van der Waals surface area contributed by atoms with Gasteiger partial charge in [-0.15, -0.1) is 21.5 Å². The second-order valence-corrected chi connectivity index (χ2v) is 9.14. The van der Waals surface area contributed by atoms with E-state index in [0.29, 0.717) is 5.92 Å². The fourth-order valence-corrected chi connectivity index (χ4v) is 5.59. The van der Waals surface area contributed by atoms with Gasteiger partial charge in [-0.25, -0.2) is 4.98 Å². The molecule has 152 valence electrons. The van der Waals surface area contributed by atoms with Crippen molar-refractivity contribution in [2.24, 2.45) is 0 Å². The zero-order chi connectivity index (χ0) is 20.5. The topological polar surface area (TPSA) is 68.2 Å². The summed E-state index contributed by atoms with van der Waals surface area (Å²) in [6, 6.07) is 13.6. The molecular weight excluding hydrogens is 416 g/mol. The molecule has 0 atom stereocenters. The Balaban J connectivity index is 1.27. The largest absolute Gasteiger partial charge is 0.496 e. The molecule has 0 radical (unpaired) electrons. The number of ether oxygens (including phenoxy) is 1. The first kappa shape index (κ1) is 19.1. The molecular formula is C22H20N4O2S2. The van der Waals surface area contributed by atoms with Crippen molar-refractivity contribution >= 4 is 38.8 Å². The molecule has 4 aromatic rings. The van der Waals surface area contributed by atoms with Crippen LogP contribution in [0, 0.1) is 0 Å². The molecule has 1 amide bonds. The van der Waals surface area contributed by atoms with Crippen molar-refractivity contribution in [1.82, 2.24) is 20.1 Å². The number of fused-ring (bicyclic) bond motifs is 1. The smallest absolute Gasteiger partial charge is 0.253 e. The van der Waals surface area contributed by atoms with Crippen molar-refractivity contribution in [3.05, 3.63) is 58.5 Å². The summed E-state index contributed by atoms with van der Waals surface area (Å²) < 4.78 is 6.50. The van der Waals surface area contributed by atoms with Gasteiger partial charge in [-0.2, -0.15) is 0 Å². The van der Waals surface area contributed by atoms with Crippen LogP contribution in [0.15, 0.2) is 48.0 Å². The van der Waals surface area contributed by atoms with Crippen molar-refractivity contribution < 1.29 is 9.53 Å². The molecule has 8 heteroatoms. The minimum absolute atomic E-state index is 0.0933. The monoisotopic (exact) mass is 436 g/mol. The van der Waals surface area contributed by atoms with Crippen LogP contribution in [0.2, 0.25) is 0 Å². The van der Waals surface area contributed by atoms with Crippen molar-refractivity contribution in [1.29, 1.82) is 0 Å². The zero-order valence-corrected chi connectivity index (χ0v) is 18.1. The van der Waals surface area contributed by atoms with Gasteiger partial charge in [0.2, 0.25) is 0 Å². The van der Waals surface area contributed by atoms with Crippen molar-refractivity contribution in [2.75, 3.05) is 20.2 Å². The first-order valence-electron chi connectivity index (χ1n) is 9.82. The summed E-state index contributed by atoms with van der Waals surface area (Å²) in [6.45, 7) is 1.46. The summed E-state index contributed by atoms with van der Waals surface area (Å²) in [5.74, 6) is 1.23. The van der Waals surface area contributed by atoms with Crippen LogP contribution in [0.5, 0.6) is 5.75 Å². The van der Waals surface area contributed by atoms with Gasteiger partial charge >= 0.3 is 0 Å². The second-order valence-electron chi connectivity index (χ2n) is 7.25. The van der Waals surface area contributed by atoms with Gasteiger partial charge in [-0.3, -0.25) is 4.79 Å². The lowest BCUT2D eigenvalue weighted by Gasteiger charge is -2.31. The summed E-state index contributed by atoms with van der Waals surface area (Å²) in [6.07, 6.45) is 1.80. The third-order valence-electron chi connectivity index (χ3n) is 5.49. The highest BCUT2D eigenvalue weighted by molar-refractivity contribution is 7.16. The molecule has 0 aliphatic carbocycles. The molecule has 6 nitrogen and oxygen atoms in total. The number of carbonyl (C=O) groups is 1. The molecule has 2 aromatic heterocycles. The van der Waals surface area contributed by atoms with Crippen LogP contribution >= 0.6 is 22.7 Å². The van der Waals surface area contributed by atoms with Crippen LogP contribution in [0.1, 0.15) is 34.1 Å². The summed E-state index contributed by atoms with van der Waals surface area (Å²) in [5.41, 5.74) is 4.46. The number of benzene rings is 2. The van der Waals surface area contributed by atoms with E-state index in [4.69, 9.17) is 4.74 Å². The minimum Gasteiger partial charge on any atom is -0.496 e. The first-order chi connectivity index (χ1) is 14.7. The highest BCUT2D eigenvalue weighted by Gasteiger charge is 2.27. The Labute approximate surface area is 182 Å². The second kappa shape index (κ2) is 8.12. The Morgan fingerprint density at radius 1 is 1.13 bits per heavy atom. The van der Waals surface area contributed by atoms with E-state index in [9.17, 15) is 4.79 Å².